The zero-order chi connectivity index (χ0) is 13.2. The van der Waals surface area contributed by atoms with Crippen LogP contribution in [0.5, 0.6) is 0 Å². The van der Waals surface area contributed by atoms with Gasteiger partial charge >= 0.3 is 0 Å². The first-order valence-corrected chi connectivity index (χ1v) is 8.33. The van der Waals surface area contributed by atoms with Gasteiger partial charge in [-0.15, -0.1) is 0 Å². The minimum absolute atomic E-state index is 0.104. The van der Waals surface area contributed by atoms with Crippen molar-refractivity contribution in [2.45, 2.75) is 50.6 Å². The molecule has 1 heterocycles. The van der Waals surface area contributed by atoms with Gasteiger partial charge in [-0.25, -0.2) is 0 Å². The van der Waals surface area contributed by atoms with E-state index in [2.05, 4.69) is 52.2 Å². The van der Waals surface area contributed by atoms with Crippen LogP contribution in [0.4, 0.5) is 0 Å². The van der Waals surface area contributed by atoms with E-state index in [0.29, 0.717) is 18.2 Å². The molecule has 1 aliphatic heterocycles. The van der Waals surface area contributed by atoms with E-state index >= 15 is 0 Å². The lowest BCUT2D eigenvalue weighted by atomic mass is 9.84. The second kappa shape index (κ2) is 5.92. The van der Waals surface area contributed by atoms with Crippen LogP contribution in [0, 0.1) is 9.49 Å². The van der Waals surface area contributed by atoms with Crippen LogP contribution >= 0.6 is 22.6 Å². The number of hydrogen-bond acceptors (Lipinski definition) is 2. The Hall–Kier alpha value is -0.420. The number of rotatable bonds is 3. The van der Waals surface area contributed by atoms with Crippen LogP contribution in [0.2, 0.25) is 0 Å². The molecule has 2 nitrogen and oxygen atoms in total. The molecule has 0 aromatic heterocycles. The summed E-state index contributed by atoms with van der Waals surface area (Å²) in [4.78, 5) is 12.4. The van der Waals surface area contributed by atoms with E-state index in [9.17, 15) is 4.79 Å². The molecular formula is C16H20INO. The van der Waals surface area contributed by atoms with Crippen LogP contribution in [0.15, 0.2) is 24.3 Å². The van der Waals surface area contributed by atoms with Gasteiger partial charge in [0.25, 0.3) is 0 Å². The van der Waals surface area contributed by atoms with Crippen LogP contribution in [0.3, 0.4) is 0 Å². The van der Waals surface area contributed by atoms with Crippen molar-refractivity contribution in [3.05, 3.63) is 33.4 Å². The largest absolute Gasteiger partial charge is 0.304 e. The second-order valence-corrected chi connectivity index (χ2v) is 7.12. The normalized spacial score (nSPS) is 30.1. The number of nitrogens with one attached hydrogen (secondary N) is 1. The van der Waals surface area contributed by atoms with Crippen molar-refractivity contribution in [3.63, 3.8) is 0 Å². The van der Waals surface area contributed by atoms with Crippen molar-refractivity contribution in [2.24, 2.45) is 5.92 Å². The van der Waals surface area contributed by atoms with Gasteiger partial charge in [0.15, 0.2) is 5.78 Å². The molecule has 102 valence electrons. The third-order valence-electron chi connectivity index (χ3n) is 4.54. The molecule has 3 atom stereocenters. The lowest BCUT2D eigenvalue weighted by Crippen LogP contribution is -2.37. The van der Waals surface area contributed by atoms with Crippen molar-refractivity contribution in [2.75, 3.05) is 0 Å². The van der Waals surface area contributed by atoms with Gasteiger partial charge < -0.3 is 5.32 Å². The number of benzene rings is 1. The van der Waals surface area contributed by atoms with Crippen LogP contribution in [0.1, 0.15) is 37.7 Å². The Morgan fingerprint density at radius 1 is 1.21 bits per heavy atom. The summed E-state index contributed by atoms with van der Waals surface area (Å²) in [6, 6.07) is 9.01. The zero-order valence-electron chi connectivity index (χ0n) is 11.1. The number of carbonyl (C=O) groups is 1. The van der Waals surface area contributed by atoms with E-state index in [4.69, 9.17) is 0 Å². The molecule has 2 aliphatic rings. The highest BCUT2D eigenvalue weighted by atomic mass is 127. The monoisotopic (exact) mass is 369 g/mol. The average molecular weight is 369 g/mol. The Labute approximate surface area is 128 Å². The van der Waals surface area contributed by atoms with E-state index < -0.39 is 0 Å². The lowest BCUT2D eigenvalue weighted by molar-refractivity contribution is -0.120. The molecule has 3 unspecified atom stereocenters. The summed E-state index contributed by atoms with van der Waals surface area (Å²) in [5.74, 6) is 1.12. The second-order valence-electron chi connectivity index (χ2n) is 5.88. The summed E-state index contributed by atoms with van der Waals surface area (Å²) in [7, 11) is 0. The Bertz CT molecular complexity index is 442. The molecule has 0 bridgehead atoms. The number of Topliss-reactive ketones (excluding diaryl/α,β-unsaturated/α-hetero) is 1. The van der Waals surface area contributed by atoms with E-state index in [1.165, 1.54) is 29.3 Å². The summed E-state index contributed by atoms with van der Waals surface area (Å²) in [6.45, 7) is 0. The molecule has 19 heavy (non-hydrogen) atoms. The number of carbonyl (C=O) groups excluding carboxylic acids is 1. The van der Waals surface area contributed by atoms with Crippen LogP contribution < -0.4 is 5.32 Å². The van der Waals surface area contributed by atoms with E-state index in [1.807, 2.05) is 0 Å². The van der Waals surface area contributed by atoms with Crippen molar-refractivity contribution in [1.82, 2.24) is 5.32 Å². The number of hydrogen-bond donors (Lipinski definition) is 1. The SMILES string of the molecule is O=C(Cc1ccc(I)cc1)C1CC2CCCCC2N1. The molecule has 1 aliphatic carbocycles. The zero-order valence-corrected chi connectivity index (χ0v) is 13.2. The van der Waals surface area contributed by atoms with Gasteiger partial charge in [0.2, 0.25) is 0 Å². The predicted octanol–water partition coefficient (Wildman–Crippen LogP) is 3.32. The molecular weight excluding hydrogens is 349 g/mol. The molecule has 2 fully saturated rings. The number of fused-ring (bicyclic) bond motifs is 1. The van der Waals surface area contributed by atoms with E-state index in [0.717, 1.165) is 17.9 Å². The summed E-state index contributed by atoms with van der Waals surface area (Å²) in [5, 5.41) is 3.57. The minimum Gasteiger partial charge on any atom is -0.304 e. The average Bonchev–Trinajstić information content (AvgIpc) is 2.85. The van der Waals surface area contributed by atoms with Crippen LogP contribution in [-0.4, -0.2) is 17.9 Å². The molecule has 0 spiro atoms. The van der Waals surface area contributed by atoms with Gasteiger partial charge in [-0.3, -0.25) is 4.79 Å². The fourth-order valence-electron chi connectivity index (χ4n) is 3.49. The molecule has 3 rings (SSSR count). The number of ketones is 1. The first-order chi connectivity index (χ1) is 9.22. The van der Waals surface area contributed by atoms with Gasteiger partial charge in [-0.05, 0) is 65.5 Å². The van der Waals surface area contributed by atoms with Crippen molar-refractivity contribution in [3.8, 4) is 0 Å². The molecule has 1 N–H and O–H groups in total. The first-order valence-electron chi connectivity index (χ1n) is 7.25. The van der Waals surface area contributed by atoms with Crippen LogP contribution in [0.25, 0.3) is 0 Å². The highest BCUT2D eigenvalue weighted by molar-refractivity contribution is 14.1. The fourth-order valence-corrected chi connectivity index (χ4v) is 3.85. The molecule has 1 saturated heterocycles. The van der Waals surface area contributed by atoms with Gasteiger partial charge in [0.05, 0.1) is 6.04 Å². The summed E-state index contributed by atoms with van der Waals surface area (Å²) in [5.41, 5.74) is 1.14. The predicted molar refractivity (Wildman–Crippen MR) is 85.2 cm³/mol. The fraction of sp³-hybridized carbons (Fsp3) is 0.562. The first kappa shape index (κ1) is 13.6. The van der Waals surface area contributed by atoms with Gasteiger partial charge in [-0.2, -0.15) is 0 Å². The van der Waals surface area contributed by atoms with Gasteiger partial charge in [-0.1, -0.05) is 25.0 Å². The molecule has 3 heteroatoms. The van der Waals surface area contributed by atoms with Gasteiger partial charge in [0, 0.05) is 16.0 Å². The standard InChI is InChI=1S/C16H20INO/c17-13-7-5-11(6-8-13)9-16(19)15-10-12-3-1-2-4-14(12)18-15/h5-8,12,14-15,18H,1-4,9-10H2. The third kappa shape index (κ3) is 3.19. The Morgan fingerprint density at radius 3 is 2.68 bits per heavy atom. The Morgan fingerprint density at radius 2 is 1.95 bits per heavy atom. The third-order valence-corrected chi connectivity index (χ3v) is 5.26. The molecule has 0 amide bonds. The van der Waals surface area contributed by atoms with Crippen molar-refractivity contribution in [1.29, 1.82) is 0 Å². The van der Waals surface area contributed by atoms with Crippen LogP contribution in [-0.2, 0) is 11.2 Å². The molecule has 1 saturated carbocycles. The van der Waals surface area contributed by atoms with Gasteiger partial charge in [0.1, 0.15) is 0 Å². The summed E-state index contributed by atoms with van der Waals surface area (Å²) in [6.07, 6.45) is 6.89. The smallest absolute Gasteiger partial charge is 0.154 e. The Balaban J connectivity index is 1.60. The lowest BCUT2D eigenvalue weighted by Gasteiger charge is -2.24. The molecule has 1 aromatic carbocycles. The van der Waals surface area contributed by atoms with E-state index in [1.54, 1.807) is 0 Å². The minimum atomic E-state index is 0.104. The maximum atomic E-state index is 12.4. The molecule has 1 aromatic rings. The Kier molecular flexibility index (Phi) is 4.22. The molecule has 0 radical (unpaired) electrons. The highest BCUT2D eigenvalue weighted by Crippen LogP contribution is 2.33. The quantitative estimate of drug-likeness (QED) is 0.829. The topological polar surface area (TPSA) is 29.1 Å². The maximum absolute atomic E-state index is 12.4. The van der Waals surface area contributed by atoms with Crippen molar-refractivity contribution < 1.29 is 4.79 Å². The summed E-state index contributed by atoms with van der Waals surface area (Å²) >= 11 is 2.29. The maximum Gasteiger partial charge on any atom is 0.154 e. The summed E-state index contributed by atoms with van der Waals surface area (Å²) < 4.78 is 1.22. The highest BCUT2D eigenvalue weighted by Gasteiger charge is 2.37. The van der Waals surface area contributed by atoms with Crippen molar-refractivity contribution >= 4 is 28.4 Å². The van der Waals surface area contributed by atoms with E-state index in [-0.39, 0.29) is 6.04 Å². The number of halogens is 1.